The third kappa shape index (κ3) is 3.32. The van der Waals surface area contributed by atoms with Crippen LogP contribution in [0.15, 0.2) is 36.8 Å². The Balaban J connectivity index is 2.11. The number of benzene rings is 1. The molecule has 17 heavy (non-hydrogen) atoms. The van der Waals surface area contributed by atoms with E-state index < -0.39 is 0 Å². The molecule has 0 aliphatic rings. The van der Waals surface area contributed by atoms with Gasteiger partial charge in [-0.25, -0.2) is 9.97 Å². The van der Waals surface area contributed by atoms with Crippen LogP contribution in [-0.2, 0) is 6.42 Å². The van der Waals surface area contributed by atoms with Crippen LogP contribution in [0.1, 0.15) is 5.56 Å². The maximum absolute atomic E-state index is 5.95. The third-order valence-corrected chi connectivity index (χ3v) is 2.73. The number of aryl methyl sites for hydroxylation is 1. The molecule has 0 spiro atoms. The number of nitrogens with zero attached hydrogens (tertiary/aromatic N) is 2. The Morgan fingerprint density at radius 1 is 1.18 bits per heavy atom. The Labute approximate surface area is 110 Å². The summed E-state index contributed by atoms with van der Waals surface area (Å²) in [6, 6.07) is 8.00. The molecule has 0 aliphatic heterocycles. The Bertz CT molecular complexity index is 485. The van der Waals surface area contributed by atoms with E-state index >= 15 is 0 Å². The molecule has 2 rings (SSSR count). The van der Waals surface area contributed by atoms with Gasteiger partial charge in [-0.3, -0.25) is 0 Å². The highest BCUT2D eigenvalue weighted by molar-refractivity contribution is 6.32. The predicted molar refractivity (Wildman–Crippen MR) is 71.2 cm³/mol. The Morgan fingerprint density at radius 3 is 2.59 bits per heavy atom. The van der Waals surface area contributed by atoms with Crippen molar-refractivity contribution in [1.29, 1.82) is 0 Å². The first kappa shape index (κ1) is 12.1. The highest BCUT2D eigenvalue weighted by Crippen LogP contribution is 2.21. The number of hydrogen-bond donors (Lipinski definition) is 1. The molecule has 1 N–H and O–H groups in total. The van der Waals surface area contributed by atoms with Gasteiger partial charge in [0.15, 0.2) is 5.82 Å². The Hall–Kier alpha value is -1.32. The second kappa shape index (κ2) is 5.84. The number of aromatic nitrogens is 2. The summed E-state index contributed by atoms with van der Waals surface area (Å²) in [6.07, 6.45) is 3.88. The van der Waals surface area contributed by atoms with Crippen molar-refractivity contribution in [2.45, 2.75) is 6.42 Å². The summed E-state index contributed by atoms with van der Waals surface area (Å²) >= 11 is 11.6. The van der Waals surface area contributed by atoms with E-state index in [9.17, 15) is 0 Å². The van der Waals surface area contributed by atoms with Gasteiger partial charge in [0.25, 0.3) is 0 Å². The van der Waals surface area contributed by atoms with Gasteiger partial charge in [-0.1, -0.05) is 23.7 Å². The van der Waals surface area contributed by atoms with Crippen molar-refractivity contribution >= 4 is 34.7 Å². The zero-order valence-corrected chi connectivity index (χ0v) is 10.5. The zero-order valence-electron chi connectivity index (χ0n) is 9.03. The van der Waals surface area contributed by atoms with E-state index in [0.717, 1.165) is 12.1 Å². The highest BCUT2D eigenvalue weighted by Gasteiger charge is 2.01. The van der Waals surface area contributed by atoms with Crippen molar-refractivity contribution < 1.29 is 0 Å². The van der Waals surface area contributed by atoms with Crippen molar-refractivity contribution in [2.24, 2.45) is 0 Å². The van der Waals surface area contributed by atoms with Gasteiger partial charge in [0.1, 0.15) is 11.3 Å². The smallest absolute Gasteiger partial charge is 0.152 e. The first-order chi connectivity index (χ1) is 8.29. The average molecular weight is 268 g/mol. The molecule has 0 bridgehead atoms. The third-order valence-electron chi connectivity index (χ3n) is 2.27. The molecule has 1 aromatic heterocycles. The van der Waals surface area contributed by atoms with Gasteiger partial charge in [0, 0.05) is 11.6 Å². The topological polar surface area (TPSA) is 37.8 Å². The summed E-state index contributed by atoms with van der Waals surface area (Å²) in [5.41, 5.74) is 2.14. The monoisotopic (exact) mass is 267 g/mol. The van der Waals surface area contributed by atoms with Crippen LogP contribution in [0.2, 0.25) is 5.02 Å². The highest BCUT2D eigenvalue weighted by atomic mass is 35.5. The Morgan fingerprint density at radius 2 is 1.94 bits per heavy atom. The maximum atomic E-state index is 5.95. The molecular formula is C12H11Cl2N3. The molecule has 2 aromatic rings. The van der Waals surface area contributed by atoms with Gasteiger partial charge in [0.2, 0.25) is 0 Å². The van der Waals surface area contributed by atoms with Crippen molar-refractivity contribution in [1.82, 2.24) is 9.97 Å². The molecule has 0 aliphatic carbocycles. The van der Waals surface area contributed by atoms with E-state index in [2.05, 4.69) is 15.3 Å². The molecule has 0 saturated carbocycles. The molecule has 0 atom stereocenters. The number of halogens is 2. The first-order valence-corrected chi connectivity index (χ1v) is 6.08. The van der Waals surface area contributed by atoms with E-state index in [4.69, 9.17) is 23.2 Å². The van der Waals surface area contributed by atoms with Crippen molar-refractivity contribution in [3.63, 3.8) is 0 Å². The van der Waals surface area contributed by atoms with Crippen LogP contribution in [0.3, 0.4) is 0 Å². The second-order valence-corrected chi connectivity index (χ2v) is 4.27. The van der Waals surface area contributed by atoms with Crippen molar-refractivity contribution in [3.05, 3.63) is 47.4 Å². The Kier molecular flexibility index (Phi) is 4.18. The lowest BCUT2D eigenvalue weighted by atomic mass is 10.1. The van der Waals surface area contributed by atoms with E-state index in [1.54, 1.807) is 6.20 Å². The second-order valence-electron chi connectivity index (χ2n) is 3.48. The van der Waals surface area contributed by atoms with Gasteiger partial charge in [0.05, 0.1) is 6.20 Å². The fourth-order valence-electron chi connectivity index (χ4n) is 1.41. The van der Waals surface area contributed by atoms with E-state index in [1.807, 2.05) is 24.3 Å². The van der Waals surface area contributed by atoms with Crippen LogP contribution >= 0.6 is 23.2 Å². The number of rotatable bonds is 4. The van der Waals surface area contributed by atoms with Crippen LogP contribution in [0.25, 0.3) is 0 Å². The van der Waals surface area contributed by atoms with Crippen LogP contribution < -0.4 is 5.32 Å². The van der Waals surface area contributed by atoms with E-state index in [1.165, 1.54) is 11.9 Å². The van der Waals surface area contributed by atoms with Gasteiger partial charge in [-0.2, -0.15) is 0 Å². The minimum Gasteiger partial charge on any atom is -0.339 e. The van der Waals surface area contributed by atoms with Crippen molar-refractivity contribution in [3.8, 4) is 0 Å². The van der Waals surface area contributed by atoms with Crippen LogP contribution in [-0.4, -0.2) is 15.8 Å². The molecule has 0 amide bonds. The summed E-state index contributed by atoms with van der Waals surface area (Å²) in [6.45, 7) is 0. The molecule has 88 valence electrons. The minimum atomic E-state index is 0.498. The van der Waals surface area contributed by atoms with Gasteiger partial charge >= 0.3 is 0 Å². The molecular weight excluding hydrogens is 257 g/mol. The number of nitrogens with one attached hydrogen (secondary N) is 1. The quantitative estimate of drug-likeness (QED) is 0.860. The lowest BCUT2D eigenvalue weighted by molar-refractivity contribution is 1.15. The van der Waals surface area contributed by atoms with Gasteiger partial charge < -0.3 is 5.32 Å². The SMILES string of the molecule is ClCCc1ccc(Nc2ncncc2Cl)cc1. The summed E-state index contributed by atoms with van der Waals surface area (Å²) < 4.78 is 0. The molecule has 1 heterocycles. The maximum Gasteiger partial charge on any atom is 0.152 e. The van der Waals surface area contributed by atoms with Crippen LogP contribution in [0.5, 0.6) is 0 Å². The van der Waals surface area contributed by atoms with Crippen LogP contribution in [0, 0.1) is 0 Å². The molecule has 0 radical (unpaired) electrons. The number of anilines is 2. The first-order valence-electron chi connectivity index (χ1n) is 5.17. The fourth-order valence-corrected chi connectivity index (χ4v) is 1.78. The fraction of sp³-hybridized carbons (Fsp3) is 0.167. The van der Waals surface area contributed by atoms with E-state index in [0.29, 0.717) is 16.7 Å². The van der Waals surface area contributed by atoms with E-state index in [-0.39, 0.29) is 0 Å². The standard InChI is InChI=1S/C12H11Cl2N3/c13-6-5-9-1-3-10(4-2-9)17-12-11(14)7-15-8-16-12/h1-4,7-8H,5-6H2,(H,15,16,17). The summed E-state index contributed by atoms with van der Waals surface area (Å²) in [7, 11) is 0. The minimum absolute atomic E-state index is 0.498. The molecule has 1 aromatic carbocycles. The van der Waals surface area contributed by atoms with Gasteiger partial charge in [-0.15, -0.1) is 11.6 Å². The lowest BCUT2D eigenvalue weighted by Crippen LogP contribution is -1.95. The predicted octanol–water partition coefficient (Wildman–Crippen LogP) is 3.65. The number of hydrogen-bond acceptors (Lipinski definition) is 3. The average Bonchev–Trinajstić information content (AvgIpc) is 2.35. The largest absolute Gasteiger partial charge is 0.339 e. The normalized spacial score (nSPS) is 10.2. The van der Waals surface area contributed by atoms with Gasteiger partial charge in [-0.05, 0) is 24.1 Å². The lowest BCUT2D eigenvalue weighted by Gasteiger charge is -2.07. The summed E-state index contributed by atoms with van der Waals surface area (Å²) in [4.78, 5) is 7.88. The molecule has 0 unspecified atom stereocenters. The molecule has 0 fully saturated rings. The summed E-state index contributed by atoms with van der Waals surface area (Å²) in [5, 5.41) is 3.62. The molecule has 5 heteroatoms. The van der Waals surface area contributed by atoms with Crippen molar-refractivity contribution in [2.75, 3.05) is 11.2 Å². The number of alkyl halides is 1. The summed E-state index contributed by atoms with van der Waals surface area (Å²) in [5.74, 6) is 1.23. The molecule has 3 nitrogen and oxygen atoms in total. The zero-order chi connectivity index (χ0) is 12.1. The van der Waals surface area contributed by atoms with Crippen LogP contribution in [0.4, 0.5) is 11.5 Å². The molecule has 0 saturated heterocycles.